The number of imidazole rings is 1. The van der Waals surface area contributed by atoms with E-state index in [0.717, 1.165) is 81.8 Å². The first-order valence-corrected chi connectivity index (χ1v) is 11.6. The van der Waals surface area contributed by atoms with Gasteiger partial charge in [-0.05, 0) is 50.8 Å². The Kier molecular flexibility index (Phi) is 9.22. The van der Waals surface area contributed by atoms with Gasteiger partial charge in [0.25, 0.3) is 0 Å². The Bertz CT molecular complexity index is 844. The van der Waals surface area contributed by atoms with Crippen LogP contribution in [0.15, 0.2) is 35.6 Å². The summed E-state index contributed by atoms with van der Waals surface area (Å²) in [6.45, 7) is 9.76. The van der Waals surface area contributed by atoms with Crippen LogP contribution in [0.1, 0.15) is 37.6 Å². The third-order valence-corrected chi connectivity index (χ3v) is 5.78. The SMILES string of the molecule is CCNC(=NCCCCn1ccnc1C)NC1CCN(Cc2cc(OC)cc(OC)c2)C1. The first-order chi connectivity index (χ1) is 15.6. The largest absolute Gasteiger partial charge is 0.497 e. The number of aliphatic imine (C=N–C) groups is 1. The minimum Gasteiger partial charge on any atom is -0.497 e. The molecule has 0 radical (unpaired) electrons. The molecule has 2 aromatic rings. The molecule has 0 spiro atoms. The number of likely N-dealkylation sites (tertiary alicyclic amines) is 1. The van der Waals surface area contributed by atoms with Crippen molar-refractivity contribution < 1.29 is 9.47 Å². The number of nitrogens with one attached hydrogen (secondary N) is 2. The predicted octanol–water partition coefficient (Wildman–Crippen LogP) is 2.82. The van der Waals surface area contributed by atoms with Gasteiger partial charge >= 0.3 is 0 Å². The zero-order chi connectivity index (χ0) is 22.8. The molecule has 1 aliphatic heterocycles. The average molecular weight is 443 g/mol. The molecule has 1 atom stereocenters. The molecular weight excluding hydrogens is 404 g/mol. The van der Waals surface area contributed by atoms with Gasteiger partial charge in [-0.25, -0.2) is 4.98 Å². The van der Waals surface area contributed by atoms with Crippen molar-refractivity contribution in [1.82, 2.24) is 25.1 Å². The van der Waals surface area contributed by atoms with Crippen LogP contribution in [0.5, 0.6) is 11.5 Å². The molecule has 8 heteroatoms. The van der Waals surface area contributed by atoms with E-state index in [9.17, 15) is 0 Å². The molecule has 3 rings (SSSR count). The van der Waals surface area contributed by atoms with Crippen molar-refractivity contribution in [2.45, 2.75) is 52.2 Å². The lowest BCUT2D eigenvalue weighted by molar-refractivity contribution is 0.321. The third-order valence-electron chi connectivity index (χ3n) is 5.78. The number of hydrogen-bond donors (Lipinski definition) is 2. The zero-order valence-electron chi connectivity index (χ0n) is 19.9. The molecule has 2 heterocycles. The lowest BCUT2D eigenvalue weighted by Crippen LogP contribution is -2.44. The van der Waals surface area contributed by atoms with Gasteiger partial charge in [-0.2, -0.15) is 0 Å². The van der Waals surface area contributed by atoms with E-state index in [1.54, 1.807) is 14.2 Å². The summed E-state index contributed by atoms with van der Waals surface area (Å²) >= 11 is 0. The van der Waals surface area contributed by atoms with E-state index in [2.05, 4.69) is 44.1 Å². The van der Waals surface area contributed by atoms with Gasteiger partial charge in [0.15, 0.2) is 5.96 Å². The van der Waals surface area contributed by atoms with Crippen LogP contribution in [0, 0.1) is 6.92 Å². The summed E-state index contributed by atoms with van der Waals surface area (Å²) in [5.74, 6) is 3.65. The second kappa shape index (κ2) is 12.3. The topological polar surface area (TPSA) is 75.9 Å². The summed E-state index contributed by atoms with van der Waals surface area (Å²) in [5.41, 5.74) is 1.20. The first-order valence-electron chi connectivity index (χ1n) is 11.6. The number of guanidine groups is 1. The van der Waals surface area contributed by atoms with Crippen LogP contribution < -0.4 is 20.1 Å². The molecule has 8 nitrogen and oxygen atoms in total. The van der Waals surface area contributed by atoms with Crippen LogP contribution in [-0.4, -0.2) is 66.9 Å². The van der Waals surface area contributed by atoms with Gasteiger partial charge in [0.05, 0.1) is 14.2 Å². The van der Waals surface area contributed by atoms with Crippen LogP contribution >= 0.6 is 0 Å². The summed E-state index contributed by atoms with van der Waals surface area (Å²) in [4.78, 5) is 11.5. The Morgan fingerprint density at radius 3 is 2.62 bits per heavy atom. The molecule has 0 aliphatic carbocycles. The molecule has 1 unspecified atom stereocenters. The molecule has 0 saturated carbocycles. The second-order valence-corrected chi connectivity index (χ2v) is 8.22. The summed E-state index contributed by atoms with van der Waals surface area (Å²) in [5, 5.41) is 7.01. The van der Waals surface area contributed by atoms with E-state index in [1.807, 2.05) is 25.4 Å². The maximum absolute atomic E-state index is 5.40. The first kappa shape index (κ1) is 23.9. The third kappa shape index (κ3) is 7.15. The van der Waals surface area contributed by atoms with Gasteiger partial charge in [-0.3, -0.25) is 9.89 Å². The second-order valence-electron chi connectivity index (χ2n) is 8.22. The number of ether oxygens (including phenoxy) is 2. The Labute approximate surface area is 192 Å². The van der Waals surface area contributed by atoms with Gasteiger partial charge < -0.3 is 24.7 Å². The Hall–Kier alpha value is -2.74. The van der Waals surface area contributed by atoms with Crippen molar-refractivity contribution in [1.29, 1.82) is 0 Å². The molecular formula is C24H38N6O2. The van der Waals surface area contributed by atoms with Crippen molar-refractivity contribution >= 4 is 5.96 Å². The number of nitrogens with zero attached hydrogens (tertiary/aromatic N) is 4. The summed E-state index contributed by atoms with van der Waals surface area (Å²) in [6.07, 6.45) is 7.16. The van der Waals surface area contributed by atoms with Crippen LogP contribution in [0.3, 0.4) is 0 Å². The fourth-order valence-electron chi connectivity index (χ4n) is 4.05. The van der Waals surface area contributed by atoms with E-state index in [0.29, 0.717) is 6.04 Å². The molecule has 1 aromatic carbocycles. The molecule has 1 aliphatic rings. The van der Waals surface area contributed by atoms with E-state index in [-0.39, 0.29) is 0 Å². The summed E-state index contributed by atoms with van der Waals surface area (Å²) < 4.78 is 13.0. The van der Waals surface area contributed by atoms with Crippen molar-refractivity contribution in [3.05, 3.63) is 42.0 Å². The summed E-state index contributed by atoms with van der Waals surface area (Å²) in [7, 11) is 3.38. The number of methoxy groups -OCH3 is 2. The highest BCUT2D eigenvalue weighted by molar-refractivity contribution is 5.80. The molecule has 32 heavy (non-hydrogen) atoms. The fourth-order valence-corrected chi connectivity index (χ4v) is 4.05. The fraction of sp³-hybridized carbons (Fsp3) is 0.583. The van der Waals surface area contributed by atoms with E-state index < -0.39 is 0 Å². The lowest BCUT2D eigenvalue weighted by atomic mass is 10.2. The highest BCUT2D eigenvalue weighted by Gasteiger charge is 2.23. The Balaban J connectivity index is 1.45. The maximum Gasteiger partial charge on any atom is 0.191 e. The van der Waals surface area contributed by atoms with Gasteiger partial charge in [-0.15, -0.1) is 0 Å². The monoisotopic (exact) mass is 442 g/mol. The van der Waals surface area contributed by atoms with Crippen molar-refractivity contribution in [3.8, 4) is 11.5 Å². The predicted molar refractivity (Wildman–Crippen MR) is 129 cm³/mol. The minimum atomic E-state index is 0.397. The molecule has 0 bridgehead atoms. The van der Waals surface area contributed by atoms with Crippen LogP contribution in [-0.2, 0) is 13.1 Å². The quantitative estimate of drug-likeness (QED) is 0.317. The van der Waals surface area contributed by atoms with Crippen molar-refractivity contribution in [3.63, 3.8) is 0 Å². The van der Waals surface area contributed by atoms with Crippen LogP contribution in [0.2, 0.25) is 0 Å². The van der Waals surface area contributed by atoms with Crippen LogP contribution in [0.4, 0.5) is 0 Å². The smallest absolute Gasteiger partial charge is 0.191 e. The molecule has 176 valence electrons. The maximum atomic E-state index is 5.40. The molecule has 2 N–H and O–H groups in total. The Morgan fingerprint density at radius 2 is 1.97 bits per heavy atom. The highest BCUT2D eigenvalue weighted by Crippen LogP contribution is 2.24. The van der Waals surface area contributed by atoms with Crippen molar-refractivity contribution in [2.75, 3.05) is 40.4 Å². The van der Waals surface area contributed by atoms with Crippen LogP contribution in [0.25, 0.3) is 0 Å². The average Bonchev–Trinajstić information content (AvgIpc) is 3.41. The highest BCUT2D eigenvalue weighted by atomic mass is 16.5. The van der Waals surface area contributed by atoms with Gasteiger partial charge in [0.1, 0.15) is 17.3 Å². The number of benzene rings is 1. The number of hydrogen-bond acceptors (Lipinski definition) is 5. The molecule has 0 amide bonds. The number of unbranched alkanes of at least 4 members (excludes halogenated alkanes) is 1. The minimum absolute atomic E-state index is 0.397. The normalized spacial score (nSPS) is 16.9. The number of aryl methyl sites for hydroxylation is 2. The van der Waals surface area contributed by atoms with Gasteiger partial charge in [0, 0.05) is 63.8 Å². The summed E-state index contributed by atoms with van der Waals surface area (Å²) in [6, 6.07) is 6.47. The standard InChI is InChI=1S/C24H38N6O2/c1-5-25-24(27-9-6-7-11-30-13-10-26-19(30)2)28-21-8-12-29(18-21)17-20-14-22(31-3)16-23(15-20)32-4/h10,13-16,21H,5-9,11-12,17-18H2,1-4H3,(H2,25,27,28). The van der Waals surface area contributed by atoms with Gasteiger partial charge in [-0.1, -0.05) is 0 Å². The molecule has 1 saturated heterocycles. The zero-order valence-corrected chi connectivity index (χ0v) is 19.9. The van der Waals surface area contributed by atoms with Crippen molar-refractivity contribution in [2.24, 2.45) is 4.99 Å². The molecule has 1 fully saturated rings. The lowest BCUT2D eigenvalue weighted by Gasteiger charge is -2.19. The number of aromatic nitrogens is 2. The van der Waals surface area contributed by atoms with E-state index in [1.165, 1.54) is 5.56 Å². The van der Waals surface area contributed by atoms with E-state index in [4.69, 9.17) is 14.5 Å². The number of rotatable bonds is 11. The Morgan fingerprint density at radius 1 is 1.19 bits per heavy atom. The van der Waals surface area contributed by atoms with Gasteiger partial charge in [0.2, 0.25) is 0 Å². The molecule has 1 aromatic heterocycles. The van der Waals surface area contributed by atoms with E-state index >= 15 is 0 Å².